The Labute approximate surface area is 83.5 Å². The first-order chi connectivity index (χ1) is 7.24. The Bertz CT molecular complexity index is 556. The fourth-order valence-electron chi connectivity index (χ4n) is 1.19. The Kier molecular flexibility index (Phi) is 2.20. The highest BCUT2D eigenvalue weighted by Gasteiger charge is 2.16. The van der Waals surface area contributed by atoms with Crippen molar-refractivity contribution in [1.29, 1.82) is 0 Å². The Morgan fingerprint density at radius 2 is 2.33 bits per heavy atom. The fourth-order valence-corrected chi connectivity index (χ4v) is 1.19. The molecule has 2 aromatic rings. The molecule has 0 amide bonds. The summed E-state index contributed by atoms with van der Waals surface area (Å²) in [5.74, 6) is -0.571. The molecule has 0 spiro atoms. The third-order valence-corrected chi connectivity index (χ3v) is 1.82. The van der Waals surface area contributed by atoms with E-state index in [4.69, 9.17) is 4.74 Å². The van der Waals surface area contributed by atoms with Crippen molar-refractivity contribution >= 4 is 17.0 Å². The van der Waals surface area contributed by atoms with E-state index in [2.05, 4.69) is 20.2 Å². The molecule has 15 heavy (non-hydrogen) atoms. The number of aromatic amines is 2. The number of ether oxygens (including phenoxy) is 1. The van der Waals surface area contributed by atoms with Gasteiger partial charge in [0.1, 0.15) is 5.52 Å². The molecule has 0 saturated heterocycles. The maximum Gasteiger partial charge on any atom is 0.358 e. The molecule has 0 aromatic carbocycles. The molecule has 0 bridgehead atoms. The van der Waals surface area contributed by atoms with E-state index in [1.807, 2.05) is 0 Å². The van der Waals surface area contributed by atoms with Gasteiger partial charge in [-0.1, -0.05) is 0 Å². The molecule has 0 radical (unpaired) electrons. The largest absolute Gasteiger partial charge is 0.461 e. The summed E-state index contributed by atoms with van der Waals surface area (Å²) in [6.07, 6.45) is 1.21. The van der Waals surface area contributed by atoms with Gasteiger partial charge in [-0.2, -0.15) is 5.10 Å². The average molecular weight is 208 g/mol. The van der Waals surface area contributed by atoms with Crippen LogP contribution in [0.25, 0.3) is 11.0 Å². The topological polar surface area (TPSA) is 101 Å². The van der Waals surface area contributed by atoms with Crippen molar-refractivity contribution < 1.29 is 9.53 Å². The van der Waals surface area contributed by atoms with Crippen LogP contribution in [-0.2, 0) is 4.74 Å². The van der Waals surface area contributed by atoms with Gasteiger partial charge in [-0.05, 0) is 6.92 Å². The van der Waals surface area contributed by atoms with Crippen LogP contribution >= 0.6 is 0 Å². The minimum absolute atomic E-state index is 0.0953. The quantitative estimate of drug-likeness (QED) is 0.667. The molecule has 0 aliphatic rings. The van der Waals surface area contributed by atoms with E-state index in [9.17, 15) is 9.59 Å². The molecule has 0 atom stereocenters. The van der Waals surface area contributed by atoms with Gasteiger partial charge in [0.25, 0.3) is 5.56 Å². The lowest BCUT2D eigenvalue weighted by atomic mass is 10.3. The van der Waals surface area contributed by atoms with Gasteiger partial charge in [0, 0.05) is 0 Å². The standard InChI is InChI=1S/C8H8N4O3/c1-2-15-8(14)6-4-5(11-12-6)7(13)10-3-9-4/h3H,2H2,1H3,(H,11,12)(H,9,10,13). The van der Waals surface area contributed by atoms with Crippen molar-refractivity contribution in [2.24, 2.45) is 0 Å². The number of rotatable bonds is 2. The monoisotopic (exact) mass is 208 g/mol. The number of hydrogen-bond acceptors (Lipinski definition) is 5. The smallest absolute Gasteiger partial charge is 0.358 e. The van der Waals surface area contributed by atoms with Crippen molar-refractivity contribution in [3.8, 4) is 0 Å². The Balaban J connectivity index is 2.59. The second-order valence-electron chi connectivity index (χ2n) is 2.75. The number of esters is 1. The summed E-state index contributed by atoms with van der Waals surface area (Å²) < 4.78 is 4.77. The van der Waals surface area contributed by atoms with E-state index in [1.165, 1.54) is 6.33 Å². The van der Waals surface area contributed by atoms with Gasteiger partial charge in [-0.15, -0.1) is 0 Å². The van der Waals surface area contributed by atoms with Gasteiger partial charge in [-0.3, -0.25) is 9.89 Å². The molecular weight excluding hydrogens is 200 g/mol. The van der Waals surface area contributed by atoms with E-state index in [1.54, 1.807) is 6.92 Å². The molecule has 2 heterocycles. The van der Waals surface area contributed by atoms with Gasteiger partial charge >= 0.3 is 5.97 Å². The predicted octanol–water partition coefficient (Wildman–Crippen LogP) is -0.177. The summed E-state index contributed by atoms with van der Waals surface area (Å²) >= 11 is 0. The first-order valence-electron chi connectivity index (χ1n) is 4.33. The second kappa shape index (κ2) is 3.52. The predicted molar refractivity (Wildman–Crippen MR) is 50.5 cm³/mol. The number of aromatic nitrogens is 4. The number of nitrogens with zero attached hydrogens (tertiary/aromatic N) is 2. The lowest BCUT2D eigenvalue weighted by molar-refractivity contribution is 0.0521. The van der Waals surface area contributed by atoms with Crippen molar-refractivity contribution in [2.45, 2.75) is 6.92 Å². The average Bonchev–Trinajstić information content (AvgIpc) is 2.63. The molecule has 2 aromatic heterocycles. The summed E-state index contributed by atoms with van der Waals surface area (Å²) in [7, 11) is 0. The SMILES string of the molecule is CCOC(=O)c1[nH]nc2c(=O)[nH]cnc12. The first kappa shape index (κ1) is 9.38. The number of hydrogen-bond donors (Lipinski definition) is 2. The first-order valence-corrected chi connectivity index (χ1v) is 4.33. The van der Waals surface area contributed by atoms with Crippen LogP contribution in [0.4, 0.5) is 0 Å². The molecule has 7 heteroatoms. The molecule has 2 rings (SSSR count). The number of H-pyrrole nitrogens is 2. The highest BCUT2D eigenvalue weighted by atomic mass is 16.5. The molecular formula is C8H8N4O3. The number of fused-ring (bicyclic) bond motifs is 1. The van der Waals surface area contributed by atoms with E-state index in [0.717, 1.165) is 0 Å². The lowest BCUT2D eigenvalue weighted by Gasteiger charge is -1.97. The molecule has 0 aliphatic carbocycles. The van der Waals surface area contributed by atoms with Gasteiger partial charge in [0.15, 0.2) is 11.2 Å². The van der Waals surface area contributed by atoms with Gasteiger partial charge in [0.05, 0.1) is 12.9 Å². The van der Waals surface area contributed by atoms with Crippen LogP contribution < -0.4 is 5.56 Å². The van der Waals surface area contributed by atoms with Gasteiger partial charge in [-0.25, -0.2) is 9.78 Å². The van der Waals surface area contributed by atoms with Crippen molar-refractivity contribution in [3.63, 3.8) is 0 Å². The van der Waals surface area contributed by atoms with Gasteiger partial charge < -0.3 is 9.72 Å². The normalized spacial score (nSPS) is 10.5. The van der Waals surface area contributed by atoms with Crippen LogP contribution in [0.5, 0.6) is 0 Å². The van der Waals surface area contributed by atoms with Crippen LogP contribution in [0.1, 0.15) is 17.4 Å². The summed E-state index contributed by atoms with van der Waals surface area (Å²) in [6, 6.07) is 0. The van der Waals surface area contributed by atoms with E-state index in [-0.39, 0.29) is 23.3 Å². The van der Waals surface area contributed by atoms with Crippen molar-refractivity contribution in [2.75, 3.05) is 6.61 Å². The van der Waals surface area contributed by atoms with E-state index in [0.29, 0.717) is 0 Å². The summed E-state index contributed by atoms with van der Waals surface area (Å²) in [5.41, 5.74) is 0.0162. The van der Waals surface area contributed by atoms with E-state index < -0.39 is 11.5 Å². The Morgan fingerprint density at radius 1 is 1.53 bits per heavy atom. The van der Waals surface area contributed by atoms with Crippen LogP contribution in [0.2, 0.25) is 0 Å². The molecule has 0 aliphatic heterocycles. The third kappa shape index (κ3) is 1.47. The molecule has 2 N–H and O–H groups in total. The lowest BCUT2D eigenvalue weighted by Crippen LogP contribution is -2.08. The highest BCUT2D eigenvalue weighted by Crippen LogP contribution is 2.08. The maximum absolute atomic E-state index is 11.4. The molecule has 78 valence electrons. The minimum Gasteiger partial charge on any atom is -0.461 e. The number of carbonyl (C=O) groups excluding carboxylic acids is 1. The zero-order valence-electron chi connectivity index (χ0n) is 7.90. The Hall–Kier alpha value is -2.18. The fraction of sp³-hybridized carbons (Fsp3) is 0.250. The molecule has 0 fully saturated rings. The summed E-state index contributed by atoms with van der Waals surface area (Å²) in [6.45, 7) is 1.94. The maximum atomic E-state index is 11.4. The Morgan fingerprint density at radius 3 is 3.07 bits per heavy atom. The zero-order valence-corrected chi connectivity index (χ0v) is 7.90. The van der Waals surface area contributed by atoms with Crippen LogP contribution in [0.15, 0.2) is 11.1 Å². The summed E-state index contributed by atoms with van der Waals surface area (Å²) in [4.78, 5) is 28.8. The van der Waals surface area contributed by atoms with Crippen molar-refractivity contribution in [3.05, 3.63) is 22.4 Å². The molecule has 0 saturated carbocycles. The number of carbonyl (C=O) groups is 1. The third-order valence-electron chi connectivity index (χ3n) is 1.82. The summed E-state index contributed by atoms with van der Waals surface area (Å²) in [5, 5.41) is 6.12. The second-order valence-corrected chi connectivity index (χ2v) is 2.75. The van der Waals surface area contributed by atoms with Crippen LogP contribution in [0, 0.1) is 0 Å². The van der Waals surface area contributed by atoms with Crippen molar-refractivity contribution in [1.82, 2.24) is 20.2 Å². The molecule has 7 nitrogen and oxygen atoms in total. The minimum atomic E-state index is -0.571. The zero-order chi connectivity index (χ0) is 10.8. The van der Waals surface area contributed by atoms with Crippen LogP contribution in [0.3, 0.4) is 0 Å². The van der Waals surface area contributed by atoms with E-state index >= 15 is 0 Å². The van der Waals surface area contributed by atoms with Gasteiger partial charge in [0.2, 0.25) is 0 Å². The highest BCUT2D eigenvalue weighted by molar-refractivity contribution is 5.99. The van der Waals surface area contributed by atoms with Crippen LogP contribution in [-0.4, -0.2) is 32.7 Å². The molecule has 0 unspecified atom stereocenters. The number of nitrogens with one attached hydrogen (secondary N) is 2.